The van der Waals surface area contributed by atoms with E-state index < -0.39 is 15.9 Å². The molecule has 2 aliphatic heterocycles. The number of carbonyl (C=O) groups is 1. The van der Waals surface area contributed by atoms with Crippen LogP contribution in [0.5, 0.6) is 11.5 Å². The molecule has 1 fully saturated rings. The van der Waals surface area contributed by atoms with E-state index in [4.69, 9.17) is 13.9 Å². The van der Waals surface area contributed by atoms with Crippen molar-refractivity contribution in [3.8, 4) is 11.5 Å². The van der Waals surface area contributed by atoms with Gasteiger partial charge < -0.3 is 13.9 Å². The second-order valence-electron chi connectivity index (χ2n) is 7.03. The van der Waals surface area contributed by atoms with Crippen LogP contribution >= 0.6 is 0 Å². The number of piperazine rings is 1. The quantitative estimate of drug-likeness (QED) is 0.703. The highest BCUT2D eigenvalue weighted by Crippen LogP contribution is 2.32. The van der Waals surface area contributed by atoms with Crippen molar-refractivity contribution in [2.24, 2.45) is 0 Å². The van der Waals surface area contributed by atoms with E-state index in [2.05, 4.69) is 9.80 Å². The zero-order valence-corrected chi connectivity index (χ0v) is 16.7. The third-order valence-corrected chi connectivity index (χ3v) is 6.19. The molecule has 1 aromatic heterocycles. The number of hydrogen-bond acceptors (Lipinski definition) is 8. The zero-order chi connectivity index (χ0) is 20.3. The molecule has 29 heavy (non-hydrogen) atoms. The van der Waals surface area contributed by atoms with Crippen LogP contribution in [0.1, 0.15) is 16.1 Å². The molecule has 1 aromatic carbocycles. The maximum absolute atomic E-state index is 12.1. The molecule has 9 nitrogen and oxygen atoms in total. The number of ether oxygens (including phenoxy) is 2. The average Bonchev–Trinajstić information content (AvgIpc) is 3.39. The molecule has 1 saturated heterocycles. The first-order valence-corrected chi connectivity index (χ1v) is 11.1. The summed E-state index contributed by atoms with van der Waals surface area (Å²) in [6, 6.07) is 8.92. The van der Waals surface area contributed by atoms with Crippen LogP contribution in [0.15, 0.2) is 41.0 Å². The molecule has 0 unspecified atom stereocenters. The van der Waals surface area contributed by atoms with Crippen LogP contribution in [0.3, 0.4) is 0 Å². The molecular weight excluding hydrogens is 398 g/mol. The summed E-state index contributed by atoms with van der Waals surface area (Å²) in [6.07, 6.45) is 1.32. The fraction of sp³-hybridized carbons (Fsp3) is 0.421. The lowest BCUT2D eigenvalue weighted by molar-refractivity contribution is 0.0954. The number of nitrogens with zero attached hydrogens (tertiary/aromatic N) is 2. The Hall–Kier alpha value is -2.56. The summed E-state index contributed by atoms with van der Waals surface area (Å²) in [4.78, 5) is 16.2. The fourth-order valence-electron chi connectivity index (χ4n) is 3.37. The number of rotatable bonds is 7. The second kappa shape index (κ2) is 8.44. The molecule has 1 N–H and O–H groups in total. The lowest BCUT2D eigenvalue weighted by Gasteiger charge is -2.34. The molecule has 0 bridgehead atoms. The van der Waals surface area contributed by atoms with E-state index in [0.717, 1.165) is 49.8 Å². The van der Waals surface area contributed by atoms with E-state index in [-0.39, 0.29) is 18.3 Å². The largest absolute Gasteiger partial charge is 0.459 e. The maximum Gasteiger partial charge on any atom is 0.300 e. The Morgan fingerprint density at radius 2 is 1.79 bits per heavy atom. The molecular formula is C19H23N3O6S. The van der Waals surface area contributed by atoms with Crippen LogP contribution in [-0.2, 0) is 16.6 Å². The first kappa shape index (κ1) is 19.7. The van der Waals surface area contributed by atoms with Gasteiger partial charge in [0.1, 0.15) is 0 Å². The molecule has 10 heteroatoms. The molecule has 3 heterocycles. The summed E-state index contributed by atoms with van der Waals surface area (Å²) in [7, 11) is -3.71. The van der Waals surface area contributed by atoms with E-state index in [1.807, 2.05) is 22.9 Å². The van der Waals surface area contributed by atoms with Gasteiger partial charge in [0.05, 0.1) is 12.0 Å². The molecule has 156 valence electrons. The molecule has 4 rings (SSSR count). The molecule has 1 amide bonds. The van der Waals surface area contributed by atoms with Gasteiger partial charge in [-0.15, -0.1) is 0 Å². The normalized spacial score (nSPS) is 17.4. The Labute approximate surface area is 169 Å². The van der Waals surface area contributed by atoms with Crippen LogP contribution in [-0.4, -0.2) is 69.4 Å². The highest BCUT2D eigenvalue weighted by atomic mass is 32.2. The van der Waals surface area contributed by atoms with Crippen molar-refractivity contribution in [3.63, 3.8) is 0 Å². The summed E-state index contributed by atoms with van der Waals surface area (Å²) in [5, 5.41) is 0. The van der Waals surface area contributed by atoms with Gasteiger partial charge in [-0.25, -0.2) is 13.1 Å². The van der Waals surface area contributed by atoms with Crippen LogP contribution in [0, 0.1) is 0 Å². The smallest absolute Gasteiger partial charge is 0.300 e. The lowest BCUT2D eigenvalue weighted by Crippen LogP contribution is -2.48. The second-order valence-corrected chi connectivity index (χ2v) is 8.87. The number of nitrogens with one attached hydrogen (secondary N) is 1. The number of benzene rings is 1. The molecule has 2 aromatic rings. The lowest BCUT2D eigenvalue weighted by atomic mass is 10.1. The summed E-state index contributed by atoms with van der Waals surface area (Å²) in [5.41, 5.74) is 1.16. The minimum Gasteiger partial charge on any atom is -0.459 e. The van der Waals surface area contributed by atoms with Crippen molar-refractivity contribution in [2.75, 3.05) is 45.3 Å². The molecule has 0 radical (unpaired) electrons. The average molecular weight is 421 g/mol. The van der Waals surface area contributed by atoms with Gasteiger partial charge in [-0.05, 0) is 29.8 Å². The van der Waals surface area contributed by atoms with Gasteiger partial charge in [0, 0.05) is 39.3 Å². The summed E-state index contributed by atoms with van der Waals surface area (Å²) in [5.74, 6) is 0.651. The van der Waals surface area contributed by atoms with Gasteiger partial charge in [-0.1, -0.05) is 6.07 Å². The predicted octanol–water partition coefficient (Wildman–Crippen LogP) is 0.886. The van der Waals surface area contributed by atoms with Crippen molar-refractivity contribution in [1.29, 1.82) is 0 Å². The monoisotopic (exact) mass is 421 g/mol. The van der Waals surface area contributed by atoms with E-state index in [1.54, 1.807) is 0 Å². The highest BCUT2D eigenvalue weighted by Gasteiger charge is 2.22. The van der Waals surface area contributed by atoms with Gasteiger partial charge in [-0.2, -0.15) is 0 Å². The maximum atomic E-state index is 12.1. The van der Waals surface area contributed by atoms with Crippen LogP contribution < -0.4 is 14.2 Å². The first-order valence-electron chi connectivity index (χ1n) is 9.40. The van der Waals surface area contributed by atoms with Gasteiger partial charge in [-0.3, -0.25) is 14.6 Å². The third kappa shape index (κ3) is 5.08. The van der Waals surface area contributed by atoms with Gasteiger partial charge >= 0.3 is 0 Å². The van der Waals surface area contributed by atoms with Gasteiger partial charge in [0.25, 0.3) is 5.91 Å². The number of sulfonamides is 1. The number of hydrogen-bond donors (Lipinski definition) is 1. The molecule has 2 aliphatic rings. The van der Waals surface area contributed by atoms with Crippen molar-refractivity contribution in [1.82, 2.24) is 14.5 Å². The minimum absolute atomic E-state index is 0.0225. The Kier molecular flexibility index (Phi) is 5.74. The standard InChI is InChI=1S/C19H23N3O6S/c23-19(17-2-1-10-26-17)20-29(24,25)11-9-21-5-7-22(8-6-21)13-15-3-4-16-18(12-15)28-14-27-16/h1-4,10,12H,5-9,11,13-14H2,(H,20,23). The van der Waals surface area contributed by atoms with E-state index >= 15 is 0 Å². The zero-order valence-electron chi connectivity index (χ0n) is 15.9. The van der Waals surface area contributed by atoms with Gasteiger partial charge in [0.2, 0.25) is 16.8 Å². The molecule has 0 spiro atoms. The summed E-state index contributed by atoms with van der Waals surface area (Å²) < 4.78 is 42.0. The predicted molar refractivity (Wildman–Crippen MR) is 104 cm³/mol. The minimum atomic E-state index is -3.71. The van der Waals surface area contributed by atoms with Crippen molar-refractivity contribution >= 4 is 15.9 Å². The Balaban J connectivity index is 1.21. The SMILES string of the molecule is O=C(NS(=O)(=O)CCN1CCN(Cc2ccc3c(c2)OCO3)CC1)c1ccco1. The van der Waals surface area contributed by atoms with Gasteiger partial charge in [0.15, 0.2) is 17.3 Å². The summed E-state index contributed by atoms with van der Waals surface area (Å²) >= 11 is 0. The van der Waals surface area contributed by atoms with E-state index in [9.17, 15) is 13.2 Å². The number of carbonyl (C=O) groups excluding carboxylic acids is 1. The molecule has 0 atom stereocenters. The first-order chi connectivity index (χ1) is 14.0. The Bertz CT molecular complexity index is 952. The molecule has 0 saturated carbocycles. The van der Waals surface area contributed by atoms with Crippen molar-refractivity contribution in [3.05, 3.63) is 47.9 Å². The van der Waals surface area contributed by atoms with E-state index in [1.165, 1.54) is 18.4 Å². The third-order valence-electron chi connectivity index (χ3n) is 4.98. The van der Waals surface area contributed by atoms with Crippen molar-refractivity contribution in [2.45, 2.75) is 6.54 Å². The van der Waals surface area contributed by atoms with Crippen molar-refractivity contribution < 1.29 is 27.1 Å². The molecule has 0 aliphatic carbocycles. The highest BCUT2D eigenvalue weighted by molar-refractivity contribution is 7.90. The van der Waals surface area contributed by atoms with Crippen LogP contribution in [0.2, 0.25) is 0 Å². The number of amides is 1. The van der Waals surface area contributed by atoms with Crippen LogP contribution in [0.4, 0.5) is 0 Å². The number of furan rings is 1. The van der Waals surface area contributed by atoms with E-state index in [0.29, 0.717) is 6.54 Å². The Morgan fingerprint density at radius 3 is 2.55 bits per heavy atom. The van der Waals surface area contributed by atoms with Crippen LogP contribution in [0.25, 0.3) is 0 Å². The summed E-state index contributed by atoms with van der Waals surface area (Å²) in [6.45, 7) is 4.67. The Morgan fingerprint density at radius 1 is 1.03 bits per heavy atom. The number of fused-ring (bicyclic) bond motifs is 1. The topological polar surface area (TPSA) is 101 Å². The fourth-order valence-corrected chi connectivity index (χ4v) is 4.35.